The van der Waals surface area contributed by atoms with Gasteiger partial charge in [0.1, 0.15) is 14.2 Å². The minimum Gasteiger partial charge on any atom is -0.272 e. The second-order valence-electron chi connectivity index (χ2n) is 6.42. The molecule has 3 aromatic heterocycles. The Morgan fingerprint density at radius 1 is 0.871 bits per heavy atom. The third kappa shape index (κ3) is 4.01. The fourth-order valence-electron chi connectivity index (χ4n) is 3.03. The summed E-state index contributed by atoms with van der Waals surface area (Å²) in [7, 11) is -3.71. The largest absolute Gasteiger partial charge is 0.272 e. The summed E-state index contributed by atoms with van der Waals surface area (Å²) >= 11 is 5.58. The zero-order chi connectivity index (χ0) is 21.4. The molecule has 0 spiro atoms. The van der Waals surface area contributed by atoms with E-state index in [4.69, 9.17) is 9.97 Å². The van der Waals surface area contributed by atoms with E-state index < -0.39 is 10.0 Å². The highest BCUT2D eigenvalue weighted by Gasteiger charge is 2.24. The van der Waals surface area contributed by atoms with Gasteiger partial charge < -0.3 is 0 Å². The number of fused-ring (bicyclic) bond motifs is 2. The molecule has 5 nitrogen and oxygen atoms in total. The molecule has 0 aliphatic heterocycles. The van der Waals surface area contributed by atoms with E-state index in [0.29, 0.717) is 10.6 Å². The summed E-state index contributed by atoms with van der Waals surface area (Å²) < 4.78 is 31.1. The lowest BCUT2D eigenvalue weighted by Gasteiger charge is -2.12. The van der Waals surface area contributed by atoms with Crippen molar-refractivity contribution in [2.75, 3.05) is 6.26 Å². The number of thioether (sulfide) groups is 1. The third-order valence-corrected chi connectivity index (χ3v) is 10.1. The highest BCUT2D eigenvalue weighted by molar-refractivity contribution is 8.03. The summed E-state index contributed by atoms with van der Waals surface area (Å²) in [5.41, 5.74) is 2.46. The van der Waals surface area contributed by atoms with E-state index in [0.717, 1.165) is 30.4 Å². The number of aromatic nitrogens is 2. The molecule has 31 heavy (non-hydrogen) atoms. The molecule has 5 aromatic rings. The molecule has 5 rings (SSSR count). The summed E-state index contributed by atoms with van der Waals surface area (Å²) in [6.45, 7) is 0. The van der Waals surface area contributed by atoms with Crippen molar-refractivity contribution in [3.63, 3.8) is 0 Å². The summed E-state index contributed by atoms with van der Waals surface area (Å²) in [6, 6.07) is 19.1. The second kappa shape index (κ2) is 8.36. The number of rotatable bonds is 6. The van der Waals surface area contributed by atoms with Gasteiger partial charge in [-0.3, -0.25) is 4.72 Å². The average molecular weight is 502 g/mol. The first kappa shape index (κ1) is 20.7. The molecule has 1 N–H and O–H groups in total. The molecule has 10 heteroatoms. The number of benzene rings is 2. The van der Waals surface area contributed by atoms with E-state index in [1.807, 2.05) is 54.8 Å². The Morgan fingerprint density at radius 2 is 1.45 bits per heavy atom. The quantitative estimate of drug-likeness (QED) is 0.308. The van der Waals surface area contributed by atoms with E-state index in [1.165, 1.54) is 45.8 Å². The Balaban J connectivity index is 1.73. The van der Waals surface area contributed by atoms with Crippen LogP contribution >= 0.6 is 45.8 Å². The van der Waals surface area contributed by atoms with Gasteiger partial charge in [-0.2, -0.15) is 0 Å². The first-order chi connectivity index (χ1) is 15.0. The van der Waals surface area contributed by atoms with Crippen LogP contribution in [0.2, 0.25) is 0 Å². The Labute approximate surface area is 195 Å². The second-order valence-corrected chi connectivity index (χ2v) is 12.2. The molecule has 0 saturated carbocycles. The van der Waals surface area contributed by atoms with Crippen molar-refractivity contribution >= 4 is 81.8 Å². The fourth-order valence-corrected chi connectivity index (χ4v) is 8.27. The van der Waals surface area contributed by atoms with Crippen LogP contribution in [0.1, 0.15) is 10.0 Å². The molecule has 0 amide bonds. The van der Waals surface area contributed by atoms with Crippen LogP contribution in [0.15, 0.2) is 75.3 Å². The lowest BCUT2D eigenvalue weighted by atomic mass is 10.3. The SMILES string of the molecule is CSC(NS(=O)(=O)c1cccs1)=C(c1nc2ccccc2s1)c1nc2ccccc2s1. The van der Waals surface area contributed by atoms with Gasteiger partial charge in [-0.15, -0.1) is 45.8 Å². The topological polar surface area (TPSA) is 72.0 Å². The smallest absolute Gasteiger partial charge is 0.271 e. The Morgan fingerprint density at radius 3 is 1.94 bits per heavy atom. The molecule has 0 saturated heterocycles. The number of thiazole rings is 2. The van der Waals surface area contributed by atoms with Crippen LogP contribution in [0, 0.1) is 0 Å². The van der Waals surface area contributed by atoms with Gasteiger partial charge in [0.05, 0.1) is 31.0 Å². The lowest BCUT2D eigenvalue weighted by Crippen LogP contribution is -2.22. The van der Waals surface area contributed by atoms with Crippen LogP contribution in [0.3, 0.4) is 0 Å². The van der Waals surface area contributed by atoms with Crippen molar-refractivity contribution in [3.8, 4) is 0 Å². The van der Waals surface area contributed by atoms with Gasteiger partial charge in [0, 0.05) is 0 Å². The Bertz CT molecular complexity index is 1370. The van der Waals surface area contributed by atoms with E-state index in [-0.39, 0.29) is 4.21 Å². The zero-order valence-electron chi connectivity index (χ0n) is 16.1. The molecule has 0 bridgehead atoms. The van der Waals surface area contributed by atoms with Crippen molar-refractivity contribution in [1.29, 1.82) is 0 Å². The summed E-state index contributed by atoms with van der Waals surface area (Å²) in [5.74, 6) is 0. The summed E-state index contributed by atoms with van der Waals surface area (Å²) in [6.07, 6.45) is 1.85. The van der Waals surface area contributed by atoms with Crippen LogP contribution in [0.5, 0.6) is 0 Å². The normalized spacial score (nSPS) is 11.8. The van der Waals surface area contributed by atoms with Crippen molar-refractivity contribution in [2.24, 2.45) is 0 Å². The summed E-state index contributed by atoms with van der Waals surface area (Å²) in [5, 5.41) is 3.72. The van der Waals surface area contributed by atoms with Gasteiger partial charge in [-0.1, -0.05) is 30.3 Å². The number of hydrogen-bond acceptors (Lipinski definition) is 8. The van der Waals surface area contributed by atoms with Crippen molar-refractivity contribution in [1.82, 2.24) is 14.7 Å². The molecular formula is C21H15N3O2S5. The molecule has 0 aliphatic carbocycles. The summed E-state index contributed by atoms with van der Waals surface area (Å²) in [4.78, 5) is 9.61. The minimum absolute atomic E-state index is 0.270. The standard InChI is InChI=1S/C21H15N3O2S5/c1-27-21(24-31(25,26)17-11-6-12-28-17)18(19-22-13-7-2-4-9-15(13)29-19)20-23-14-8-3-5-10-16(14)30-20/h2-12,24H,1H3. The number of para-hydroxylation sites is 2. The number of nitrogens with one attached hydrogen (secondary N) is 1. The first-order valence-electron chi connectivity index (χ1n) is 9.11. The van der Waals surface area contributed by atoms with Crippen LogP contribution < -0.4 is 4.72 Å². The molecule has 2 aromatic carbocycles. The van der Waals surface area contributed by atoms with Crippen LogP contribution in [0.25, 0.3) is 26.0 Å². The minimum atomic E-state index is -3.71. The highest BCUT2D eigenvalue weighted by Crippen LogP contribution is 2.39. The Hall–Kier alpha value is -2.24. The zero-order valence-corrected chi connectivity index (χ0v) is 20.2. The predicted molar refractivity (Wildman–Crippen MR) is 133 cm³/mol. The third-order valence-electron chi connectivity index (χ3n) is 4.43. The van der Waals surface area contributed by atoms with Gasteiger partial charge >= 0.3 is 0 Å². The first-order valence-corrected chi connectivity index (χ1v) is 14.3. The maximum absolute atomic E-state index is 13.0. The molecule has 0 unspecified atom stereocenters. The van der Waals surface area contributed by atoms with E-state index >= 15 is 0 Å². The average Bonchev–Trinajstić information content (AvgIpc) is 3.51. The molecule has 156 valence electrons. The van der Waals surface area contributed by atoms with Gasteiger partial charge in [0.2, 0.25) is 0 Å². The Kier molecular flexibility index (Phi) is 5.57. The number of sulfonamides is 1. The molecule has 0 radical (unpaired) electrons. The molecule has 0 atom stereocenters. The number of nitrogens with zero attached hydrogens (tertiary/aromatic N) is 2. The molecule has 0 fully saturated rings. The van der Waals surface area contributed by atoms with Gasteiger partial charge in [0.25, 0.3) is 10.0 Å². The number of thiophene rings is 1. The van der Waals surface area contributed by atoms with Crippen molar-refractivity contribution in [2.45, 2.75) is 4.21 Å². The highest BCUT2D eigenvalue weighted by atomic mass is 32.2. The van der Waals surface area contributed by atoms with Crippen molar-refractivity contribution < 1.29 is 8.42 Å². The van der Waals surface area contributed by atoms with E-state index in [2.05, 4.69) is 4.72 Å². The van der Waals surface area contributed by atoms with E-state index in [9.17, 15) is 8.42 Å². The maximum Gasteiger partial charge on any atom is 0.271 e. The van der Waals surface area contributed by atoms with E-state index in [1.54, 1.807) is 17.5 Å². The molecule has 0 aliphatic rings. The van der Waals surface area contributed by atoms with Gasteiger partial charge in [-0.05, 0) is 42.0 Å². The molecule has 3 heterocycles. The lowest BCUT2D eigenvalue weighted by molar-refractivity contribution is 0.592. The van der Waals surface area contributed by atoms with Crippen LogP contribution in [0.4, 0.5) is 0 Å². The fraction of sp³-hybridized carbons (Fsp3) is 0.0476. The maximum atomic E-state index is 13.0. The number of hydrogen-bond donors (Lipinski definition) is 1. The monoisotopic (exact) mass is 501 g/mol. The van der Waals surface area contributed by atoms with Gasteiger partial charge in [0.15, 0.2) is 0 Å². The van der Waals surface area contributed by atoms with Crippen molar-refractivity contribution in [3.05, 3.63) is 81.1 Å². The predicted octanol–water partition coefficient (Wildman–Crippen LogP) is 6.03. The van der Waals surface area contributed by atoms with Gasteiger partial charge in [-0.25, -0.2) is 18.4 Å². The van der Waals surface area contributed by atoms with Crippen LogP contribution in [-0.4, -0.2) is 24.6 Å². The molecular weight excluding hydrogens is 487 g/mol. The van der Waals surface area contributed by atoms with Crippen LogP contribution in [-0.2, 0) is 10.0 Å².